The summed E-state index contributed by atoms with van der Waals surface area (Å²) in [6.45, 7) is 0.264. The van der Waals surface area contributed by atoms with E-state index in [9.17, 15) is 10.2 Å². The molecule has 2 unspecified atom stereocenters. The second-order valence-corrected chi connectivity index (χ2v) is 6.58. The van der Waals surface area contributed by atoms with Crippen LogP contribution in [-0.2, 0) is 0 Å². The van der Waals surface area contributed by atoms with Crippen molar-refractivity contribution in [3.8, 4) is 11.8 Å². The summed E-state index contributed by atoms with van der Waals surface area (Å²) in [5.74, 6) is 6.20. The zero-order valence-electron chi connectivity index (χ0n) is 12.8. The van der Waals surface area contributed by atoms with Gasteiger partial charge in [0, 0.05) is 16.0 Å². The Balaban J connectivity index is 2.42. The van der Waals surface area contributed by atoms with Gasteiger partial charge in [0.1, 0.15) is 5.60 Å². The third kappa shape index (κ3) is 4.08. The molecule has 0 spiro atoms. The molecule has 0 aliphatic heterocycles. The van der Waals surface area contributed by atoms with Gasteiger partial charge >= 0.3 is 0 Å². The molecule has 2 rings (SSSR count). The van der Waals surface area contributed by atoms with E-state index in [1.165, 1.54) is 0 Å². The molecule has 1 aliphatic rings. The first kappa shape index (κ1) is 17.0. The summed E-state index contributed by atoms with van der Waals surface area (Å²) in [5.41, 5.74) is 0.515. The number of rotatable bonds is 3. The number of halogens is 1. The van der Waals surface area contributed by atoms with Crippen molar-refractivity contribution in [2.24, 2.45) is 0 Å². The Labute approximate surface area is 140 Å². The van der Waals surface area contributed by atoms with E-state index in [0.29, 0.717) is 6.54 Å². The van der Waals surface area contributed by atoms with Crippen LogP contribution in [0.5, 0.6) is 0 Å². The molecule has 0 bridgehead atoms. The van der Waals surface area contributed by atoms with E-state index in [1.807, 2.05) is 49.3 Å². The van der Waals surface area contributed by atoms with E-state index < -0.39 is 5.60 Å². The molecule has 22 heavy (non-hydrogen) atoms. The lowest BCUT2D eigenvalue weighted by molar-refractivity contribution is 0.0656. The van der Waals surface area contributed by atoms with Gasteiger partial charge in [-0.1, -0.05) is 58.1 Å². The molecule has 0 saturated heterocycles. The average molecular weight is 362 g/mol. The van der Waals surface area contributed by atoms with Gasteiger partial charge in [0.05, 0.1) is 13.2 Å². The maximum atomic E-state index is 10.4. The fraction of sp³-hybridized carbons (Fsp3) is 0.333. The predicted molar refractivity (Wildman–Crippen MR) is 92.6 cm³/mol. The summed E-state index contributed by atoms with van der Waals surface area (Å²) < 4.78 is 0.812. The van der Waals surface area contributed by atoms with E-state index in [0.717, 1.165) is 15.6 Å². The van der Waals surface area contributed by atoms with Gasteiger partial charge in [-0.25, -0.2) is 0 Å². The molecule has 3 nitrogen and oxygen atoms in total. The lowest BCUT2D eigenvalue weighted by Crippen LogP contribution is -2.32. The summed E-state index contributed by atoms with van der Waals surface area (Å²) in [4.78, 5) is 1.98. The Morgan fingerprint density at radius 3 is 2.50 bits per heavy atom. The molecular formula is C18H20BrNO2. The van der Waals surface area contributed by atoms with Crippen molar-refractivity contribution in [1.29, 1.82) is 0 Å². The van der Waals surface area contributed by atoms with Crippen LogP contribution in [0, 0.1) is 11.8 Å². The van der Waals surface area contributed by atoms with E-state index in [2.05, 4.69) is 27.8 Å². The molecule has 0 aromatic heterocycles. The minimum Gasteiger partial charge on any atom is -0.393 e. The normalized spacial score (nSPS) is 24.4. The van der Waals surface area contributed by atoms with Crippen LogP contribution in [0.3, 0.4) is 0 Å². The molecule has 116 valence electrons. The van der Waals surface area contributed by atoms with Gasteiger partial charge in [0.15, 0.2) is 0 Å². The van der Waals surface area contributed by atoms with Crippen LogP contribution in [0.2, 0.25) is 0 Å². The van der Waals surface area contributed by atoms with Gasteiger partial charge < -0.3 is 10.2 Å². The van der Waals surface area contributed by atoms with Crippen LogP contribution in [0.4, 0.5) is 0 Å². The Bertz CT molecular complexity index is 640. The number of aliphatic hydroxyl groups excluding tert-OH is 1. The van der Waals surface area contributed by atoms with Gasteiger partial charge in [-0.2, -0.15) is 0 Å². The van der Waals surface area contributed by atoms with Crippen molar-refractivity contribution < 1.29 is 10.2 Å². The van der Waals surface area contributed by atoms with Gasteiger partial charge in [-0.05, 0) is 31.8 Å². The lowest BCUT2D eigenvalue weighted by atomic mass is 9.82. The molecule has 1 aliphatic carbocycles. The van der Waals surface area contributed by atoms with Gasteiger partial charge in [0.2, 0.25) is 0 Å². The molecule has 0 heterocycles. The third-order valence-corrected chi connectivity index (χ3v) is 4.08. The quantitative estimate of drug-likeness (QED) is 0.811. The van der Waals surface area contributed by atoms with Crippen LogP contribution in [0.15, 0.2) is 52.5 Å². The highest BCUT2D eigenvalue weighted by atomic mass is 79.9. The fourth-order valence-electron chi connectivity index (χ4n) is 2.35. The largest absolute Gasteiger partial charge is 0.393 e. The average Bonchev–Trinajstić information content (AvgIpc) is 2.47. The molecule has 0 saturated carbocycles. The van der Waals surface area contributed by atoms with Gasteiger partial charge in [-0.15, -0.1) is 0 Å². The molecular weight excluding hydrogens is 342 g/mol. The Morgan fingerprint density at radius 1 is 1.23 bits per heavy atom. The number of hydrogen-bond acceptors (Lipinski definition) is 3. The van der Waals surface area contributed by atoms with Crippen LogP contribution >= 0.6 is 15.9 Å². The monoisotopic (exact) mass is 361 g/mol. The van der Waals surface area contributed by atoms with E-state index in [1.54, 1.807) is 12.2 Å². The highest BCUT2D eigenvalue weighted by Gasteiger charge is 2.32. The fourth-order valence-corrected chi connectivity index (χ4v) is 3.26. The van der Waals surface area contributed by atoms with Crippen LogP contribution in [0.25, 0.3) is 0 Å². The van der Waals surface area contributed by atoms with Gasteiger partial charge in [-0.3, -0.25) is 4.90 Å². The second-order valence-electron chi connectivity index (χ2n) is 5.66. The van der Waals surface area contributed by atoms with E-state index in [-0.39, 0.29) is 12.5 Å². The lowest BCUT2D eigenvalue weighted by Gasteiger charge is -2.29. The summed E-state index contributed by atoms with van der Waals surface area (Å²) in [5, 5.41) is 19.8. The predicted octanol–water partition coefficient (Wildman–Crippen LogP) is 2.28. The SMILES string of the molecule is CN(C)CC#CC1=CC(O)(CO)C=C(Br)C1c1ccccc1. The zero-order chi connectivity index (χ0) is 16.2. The second kappa shape index (κ2) is 7.26. The minimum absolute atomic E-state index is 0.0531. The van der Waals surface area contributed by atoms with Crippen molar-refractivity contribution in [1.82, 2.24) is 4.90 Å². The zero-order valence-corrected chi connectivity index (χ0v) is 14.3. The number of aliphatic hydroxyl groups is 2. The molecule has 4 heteroatoms. The van der Waals surface area contributed by atoms with Crippen LogP contribution in [0.1, 0.15) is 11.5 Å². The summed E-state index contributed by atoms with van der Waals surface area (Å²) in [6.07, 6.45) is 3.29. The van der Waals surface area contributed by atoms with Gasteiger partial charge in [0.25, 0.3) is 0 Å². The molecule has 0 amide bonds. The van der Waals surface area contributed by atoms with Crippen LogP contribution in [-0.4, -0.2) is 48.0 Å². The third-order valence-electron chi connectivity index (χ3n) is 3.39. The van der Waals surface area contributed by atoms with Crippen molar-refractivity contribution in [3.63, 3.8) is 0 Å². The molecule has 2 atom stereocenters. The first-order chi connectivity index (χ1) is 10.4. The maximum absolute atomic E-state index is 10.4. The number of hydrogen-bond donors (Lipinski definition) is 2. The highest BCUT2D eigenvalue weighted by Crippen LogP contribution is 2.40. The van der Waals surface area contributed by atoms with Crippen molar-refractivity contribution in [2.75, 3.05) is 27.2 Å². The summed E-state index contributed by atoms with van der Waals surface area (Å²) in [6, 6.07) is 9.99. The first-order valence-corrected chi connectivity index (χ1v) is 7.87. The number of nitrogens with zero attached hydrogens (tertiary/aromatic N) is 1. The molecule has 1 aromatic rings. The van der Waals surface area contributed by atoms with E-state index in [4.69, 9.17) is 0 Å². The van der Waals surface area contributed by atoms with Crippen molar-refractivity contribution >= 4 is 15.9 Å². The first-order valence-electron chi connectivity index (χ1n) is 7.08. The molecule has 0 radical (unpaired) electrons. The maximum Gasteiger partial charge on any atom is 0.126 e. The summed E-state index contributed by atoms with van der Waals surface area (Å²) >= 11 is 3.54. The molecule has 1 aromatic carbocycles. The topological polar surface area (TPSA) is 43.7 Å². The Kier molecular flexibility index (Phi) is 5.60. The van der Waals surface area contributed by atoms with E-state index >= 15 is 0 Å². The molecule has 0 fully saturated rings. The smallest absolute Gasteiger partial charge is 0.126 e. The molecule has 2 N–H and O–H groups in total. The Morgan fingerprint density at radius 2 is 1.91 bits per heavy atom. The number of allylic oxidation sites excluding steroid dienone is 2. The minimum atomic E-state index is -1.37. The Hall–Kier alpha value is -1.38. The van der Waals surface area contributed by atoms with Crippen molar-refractivity contribution in [2.45, 2.75) is 11.5 Å². The number of benzene rings is 1. The van der Waals surface area contributed by atoms with Crippen LogP contribution < -0.4 is 0 Å². The highest BCUT2D eigenvalue weighted by molar-refractivity contribution is 9.11. The summed E-state index contributed by atoms with van der Waals surface area (Å²) in [7, 11) is 3.91. The standard InChI is InChI=1S/C18H20BrNO2/c1-20(2)10-6-9-15-11-18(22,13-21)12-16(19)17(15)14-7-4-3-5-8-14/h3-5,7-8,11-12,17,21-22H,10,13H2,1-2H3. The van der Waals surface area contributed by atoms with Crippen molar-refractivity contribution in [3.05, 3.63) is 58.1 Å².